The van der Waals surface area contributed by atoms with Crippen molar-refractivity contribution >= 4 is 40.3 Å². The minimum Gasteiger partial charge on any atom is -0.444 e. The lowest BCUT2D eigenvalue weighted by molar-refractivity contribution is 0.0509. The van der Waals surface area contributed by atoms with E-state index in [1.807, 2.05) is 45.0 Å². The van der Waals surface area contributed by atoms with Crippen molar-refractivity contribution in [3.63, 3.8) is 0 Å². The second kappa shape index (κ2) is 7.33. The van der Waals surface area contributed by atoms with Crippen molar-refractivity contribution in [2.45, 2.75) is 38.8 Å². The summed E-state index contributed by atoms with van der Waals surface area (Å²) in [6.45, 7) is 5.50. The van der Waals surface area contributed by atoms with E-state index in [0.29, 0.717) is 12.3 Å². The normalized spacial score (nSPS) is 12.9. The first-order chi connectivity index (χ1) is 8.80. The predicted octanol–water partition coefficient (Wildman–Crippen LogP) is 3.97. The number of carbonyl (C=O) groups is 1. The number of nitrogens with one attached hydrogen (secondary N) is 1. The number of ether oxygens (including phenoxy) is 1. The molecule has 5 heteroatoms. The zero-order valence-corrected chi connectivity index (χ0v) is 14.3. The smallest absolute Gasteiger partial charge is 0.407 e. The van der Waals surface area contributed by atoms with Gasteiger partial charge < -0.3 is 10.1 Å². The molecule has 0 heterocycles. The third-order valence-corrected chi connectivity index (χ3v) is 3.39. The molecule has 19 heavy (non-hydrogen) atoms. The van der Waals surface area contributed by atoms with E-state index in [0.717, 1.165) is 5.56 Å². The Balaban J connectivity index is 2.54. The van der Waals surface area contributed by atoms with Crippen LogP contribution in [0.3, 0.4) is 0 Å². The highest BCUT2D eigenvalue weighted by Crippen LogP contribution is 2.11. The number of hydrogen-bond acceptors (Lipinski definition) is 2. The fourth-order valence-electron chi connectivity index (χ4n) is 1.52. The first-order valence-corrected chi connectivity index (χ1v) is 7.71. The summed E-state index contributed by atoms with van der Waals surface area (Å²) >= 11 is 8.15. The molecule has 0 unspecified atom stereocenters. The van der Waals surface area contributed by atoms with Gasteiger partial charge in [0, 0.05) is 15.5 Å². The van der Waals surface area contributed by atoms with E-state index in [4.69, 9.17) is 16.3 Å². The monoisotopic (exact) mass is 395 g/mol. The molecule has 106 valence electrons. The first kappa shape index (κ1) is 16.6. The third kappa shape index (κ3) is 7.01. The molecule has 1 rings (SSSR count). The Morgan fingerprint density at radius 3 is 2.42 bits per heavy atom. The van der Waals surface area contributed by atoms with Crippen LogP contribution in [0.2, 0.25) is 0 Å². The van der Waals surface area contributed by atoms with Crippen molar-refractivity contribution in [1.82, 2.24) is 5.32 Å². The molecule has 0 fully saturated rings. The Bertz CT molecular complexity index is 414. The number of carbonyl (C=O) groups excluding carboxylic acids is 1. The van der Waals surface area contributed by atoms with Crippen molar-refractivity contribution in [3.8, 4) is 0 Å². The van der Waals surface area contributed by atoms with E-state index in [2.05, 4.69) is 27.9 Å². The Morgan fingerprint density at radius 2 is 1.95 bits per heavy atom. The number of hydrogen-bond donors (Lipinski definition) is 1. The molecule has 0 aromatic heterocycles. The number of rotatable bonds is 4. The maximum atomic E-state index is 11.7. The Labute approximate surface area is 133 Å². The average molecular weight is 396 g/mol. The zero-order chi connectivity index (χ0) is 14.5. The lowest BCUT2D eigenvalue weighted by Crippen LogP contribution is -2.41. The van der Waals surface area contributed by atoms with Gasteiger partial charge in [0.05, 0.1) is 0 Å². The van der Waals surface area contributed by atoms with Gasteiger partial charge in [0.2, 0.25) is 0 Å². The fourth-order valence-corrected chi connectivity index (χ4v) is 2.07. The summed E-state index contributed by atoms with van der Waals surface area (Å²) in [5, 5.41) is 2.79. The summed E-state index contributed by atoms with van der Waals surface area (Å²) in [7, 11) is 0. The van der Waals surface area contributed by atoms with Crippen LogP contribution in [-0.4, -0.2) is 23.6 Å². The van der Waals surface area contributed by atoms with Gasteiger partial charge in [0.15, 0.2) is 0 Å². The molecule has 0 radical (unpaired) electrons. The highest BCUT2D eigenvalue weighted by Gasteiger charge is 2.19. The van der Waals surface area contributed by atoms with Crippen LogP contribution in [0.15, 0.2) is 24.3 Å². The molecule has 1 amide bonds. The maximum Gasteiger partial charge on any atom is 0.407 e. The molecule has 3 nitrogen and oxygen atoms in total. The highest BCUT2D eigenvalue weighted by molar-refractivity contribution is 14.1. The van der Waals surface area contributed by atoms with Crippen LogP contribution in [-0.2, 0) is 11.2 Å². The molecule has 1 N–H and O–H groups in total. The van der Waals surface area contributed by atoms with E-state index < -0.39 is 11.7 Å². The quantitative estimate of drug-likeness (QED) is 0.619. The van der Waals surface area contributed by atoms with Crippen molar-refractivity contribution < 1.29 is 9.53 Å². The Kier molecular flexibility index (Phi) is 6.39. The molecular weight excluding hydrogens is 377 g/mol. The zero-order valence-electron chi connectivity index (χ0n) is 11.4. The van der Waals surface area contributed by atoms with E-state index in [-0.39, 0.29) is 6.04 Å². The lowest BCUT2D eigenvalue weighted by atomic mass is 10.1. The van der Waals surface area contributed by atoms with Gasteiger partial charge in [-0.25, -0.2) is 4.79 Å². The van der Waals surface area contributed by atoms with Crippen LogP contribution in [0.5, 0.6) is 0 Å². The summed E-state index contributed by atoms with van der Waals surface area (Å²) in [6, 6.07) is 8.02. The van der Waals surface area contributed by atoms with Crippen LogP contribution in [0, 0.1) is 3.57 Å². The molecule has 1 aromatic carbocycles. The summed E-state index contributed by atoms with van der Waals surface area (Å²) < 4.78 is 6.40. The van der Waals surface area contributed by atoms with Gasteiger partial charge in [0.1, 0.15) is 5.60 Å². The fraction of sp³-hybridized carbons (Fsp3) is 0.500. The number of benzene rings is 1. The second-order valence-electron chi connectivity index (χ2n) is 5.33. The molecule has 0 aliphatic carbocycles. The van der Waals surface area contributed by atoms with Crippen molar-refractivity contribution in [3.05, 3.63) is 33.4 Å². The van der Waals surface area contributed by atoms with Crippen LogP contribution >= 0.6 is 34.2 Å². The molecular formula is C14H19ClINO2. The molecule has 0 spiro atoms. The van der Waals surface area contributed by atoms with Crippen molar-refractivity contribution in [2.75, 3.05) is 5.88 Å². The molecule has 0 saturated carbocycles. The standard InChI is InChI=1S/C14H19ClINO2/c1-14(2,3)19-13(18)17-12(9-15)8-10-4-6-11(16)7-5-10/h4-7,12H,8-9H2,1-3H3,(H,17,18)/t12-/m0/s1. The number of alkyl halides is 1. The van der Waals surface area contributed by atoms with Crippen LogP contribution in [0.4, 0.5) is 4.79 Å². The average Bonchev–Trinajstić information content (AvgIpc) is 2.28. The number of halogens is 2. The third-order valence-electron chi connectivity index (χ3n) is 2.30. The highest BCUT2D eigenvalue weighted by atomic mass is 127. The lowest BCUT2D eigenvalue weighted by Gasteiger charge is -2.22. The minimum absolute atomic E-state index is 0.128. The summed E-state index contributed by atoms with van der Waals surface area (Å²) in [5.74, 6) is 0.352. The maximum absolute atomic E-state index is 11.7. The summed E-state index contributed by atoms with van der Waals surface area (Å²) in [4.78, 5) is 11.7. The second-order valence-corrected chi connectivity index (χ2v) is 6.88. The van der Waals surface area contributed by atoms with Gasteiger partial charge in [0.25, 0.3) is 0 Å². The molecule has 0 aliphatic heterocycles. The molecule has 1 atom stereocenters. The van der Waals surface area contributed by atoms with Gasteiger partial charge in [-0.3, -0.25) is 0 Å². The van der Waals surface area contributed by atoms with Gasteiger partial charge in [-0.2, -0.15) is 0 Å². The molecule has 0 bridgehead atoms. The van der Waals surface area contributed by atoms with Crippen molar-refractivity contribution in [2.24, 2.45) is 0 Å². The van der Waals surface area contributed by atoms with Gasteiger partial charge in [-0.05, 0) is 67.5 Å². The number of alkyl carbamates (subject to hydrolysis) is 1. The number of amides is 1. The van der Waals surface area contributed by atoms with E-state index in [1.165, 1.54) is 3.57 Å². The summed E-state index contributed by atoms with van der Waals surface area (Å²) in [5.41, 5.74) is 0.645. The van der Waals surface area contributed by atoms with E-state index >= 15 is 0 Å². The van der Waals surface area contributed by atoms with Crippen LogP contribution in [0.1, 0.15) is 26.3 Å². The van der Waals surface area contributed by atoms with Crippen LogP contribution < -0.4 is 5.32 Å². The summed E-state index contributed by atoms with van der Waals surface area (Å²) in [6.07, 6.45) is 0.267. The van der Waals surface area contributed by atoms with E-state index in [1.54, 1.807) is 0 Å². The minimum atomic E-state index is -0.496. The van der Waals surface area contributed by atoms with Crippen molar-refractivity contribution in [1.29, 1.82) is 0 Å². The van der Waals surface area contributed by atoms with Crippen LogP contribution in [0.25, 0.3) is 0 Å². The Morgan fingerprint density at radius 1 is 1.37 bits per heavy atom. The largest absolute Gasteiger partial charge is 0.444 e. The topological polar surface area (TPSA) is 38.3 Å². The van der Waals surface area contributed by atoms with E-state index in [9.17, 15) is 4.79 Å². The first-order valence-electron chi connectivity index (χ1n) is 6.10. The predicted molar refractivity (Wildman–Crippen MR) is 86.7 cm³/mol. The Hall–Kier alpha value is -0.490. The molecule has 0 saturated heterocycles. The molecule has 0 aliphatic rings. The molecule has 1 aromatic rings. The van der Waals surface area contributed by atoms with Gasteiger partial charge in [-0.15, -0.1) is 11.6 Å². The van der Waals surface area contributed by atoms with Gasteiger partial charge in [-0.1, -0.05) is 12.1 Å². The SMILES string of the molecule is CC(C)(C)OC(=O)N[C@H](CCl)Cc1ccc(I)cc1. The van der Waals surface area contributed by atoms with Gasteiger partial charge >= 0.3 is 6.09 Å².